The van der Waals surface area contributed by atoms with E-state index in [0.29, 0.717) is 0 Å². The summed E-state index contributed by atoms with van der Waals surface area (Å²) in [7, 11) is 0. The highest BCUT2D eigenvalue weighted by Crippen LogP contribution is 2.45. The van der Waals surface area contributed by atoms with E-state index in [1.165, 1.54) is 0 Å². The molecule has 8 aromatic rings. The van der Waals surface area contributed by atoms with Crippen LogP contribution in [0, 0.1) is 0 Å². The van der Waals surface area contributed by atoms with E-state index in [1.54, 1.807) is 12.4 Å². The molecule has 1 aliphatic heterocycles. The van der Waals surface area contributed by atoms with Crippen molar-refractivity contribution >= 4 is 21.9 Å². The van der Waals surface area contributed by atoms with E-state index in [2.05, 4.69) is 94.9 Å². The fraction of sp³-hybridized carbons (Fsp3) is 0.0244. The Hall–Kier alpha value is -6.20. The molecular weight excluding hydrogens is 568 g/mol. The monoisotopic (exact) mass is 594 g/mol. The Kier molecular flexibility index (Phi) is 6.13. The first-order chi connectivity index (χ1) is 22.8. The number of hydrogen-bond donors (Lipinski definition) is 0. The van der Waals surface area contributed by atoms with Crippen LogP contribution in [0.3, 0.4) is 0 Å². The quantitative estimate of drug-likeness (QED) is 0.203. The number of hydrogen-bond acceptors (Lipinski definition) is 5. The highest BCUT2D eigenvalue weighted by molar-refractivity contribution is 6.09. The van der Waals surface area contributed by atoms with Gasteiger partial charge in [-0.3, -0.25) is 9.97 Å². The molecular formula is C41H26N2O3. The van der Waals surface area contributed by atoms with E-state index < -0.39 is 0 Å². The van der Waals surface area contributed by atoms with Crippen LogP contribution in [0.2, 0.25) is 0 Å². The first-order valence-corrected chi connectivity index (χ1v) is 15.2. The number of fused-ring (bicyclic) bond motifs is 6. The summed E-state index contributed by atoms with van der Waals surface area (Å²) in [5.41, 5.74) is 12.2. The number of para-hydroxylation sites is 2. The smallest absolute Gasteiger partial charge is 0.230 e. The van der Waals surface area contributed by atoms with Crippen LogP contribution < -0.4 is 9.47 Å². The number of rotatable bonds is 4. The van der Waals surface area contributed by atoms with Gasteiger partial charge in [-0.15, -0.1) is 0 Å². The zero-order valence-corrected chi connectivity index (χ0v) is 24.7. The Morgan fingerprint density at radius 2 is 1.13 bits per heavy atom. The van der Waals surface area contributed by atoms with Crippen LogP contribution in [-0.4, -0.2) is 16.8 Å². The molecule has 218 valence electrons. The van der Waals surface area contributed by atoms with Crippen LogP contribution in [0.4, 0.5) is 0 Å². The summed E-state index contributed by atoms with van der Waals surface area (Å²) in [6.45, 7) is 0.124. The van der Waals surface area contributed by atoms with Gasteiger partial charge in [0.2, 0.25) is 6.79 Å². The molecule has 0 aliphatic carbocycles. The predicted molar refractivity (Wildman–Crippen MR) is 183 cm³/mol. The van der Waals surface area contributed by atoms with Crippen LogP contribution >= 0.6 is 0 Å². The summed E-state index contributed by atoms with van der Waals surface area (Å²) in [4.78, 5) is 8.72. The summed E-state index contributed by atoms with van der Waals surface area (Å²) in [6, 6.07) is 41.8. The Bertz CT molecular complexity index is 2340. The number of nitrogens with zero attached hydrogens (tertiary/aromatic N) is 2. The van der Waals surface area contributed by atoms with E-state index in [9.17, 15) is 0 Å². The average molecular weight is 595 g/mol. The van der Waals surface area contributed by atoms with Crippen LogP contribution in [0.5, 0.6) is 11.5 Å². The molecule has 5 heteroatoms. The van der Waals surface area contributed by atoms with Crippen molar-refractivity contribution in [3.8, 4) is 67.1 Å². The van der Waals surface area contributed by atoms with Gasteiger partial charge in [-0.05, 0) is 88.5 Å². The van der Waals surface area contributed by atoms with Gasteiger partial charge in [0.25, 0.3) is 0 Å². The number of pyridine rings is 2. The van der Waals surface area contributed by atoms with Crippen molar-refractivity contribution in [1.29, 1.82) is 0 Å². The maximum Gasteiger partial charge on any atom is 0.230 e. The zero-order chi connectivity index (χ0) is 30.5. The molecule has 0 bridgehead atoms. The maximum atomic E-state index is 6.36. The molecule has 5 nitrogen and oxygen atoms in total. The highest BCUT2D eigenvalue weighted by atomic mass is 16.7. The van der Waals surface area contributed by atoms with Crippen LogP contribution in [0.1, 0.15) is 0 Å². The van der Waals surface area contributed by atoms with Crippen molar-refractivity contribution in [2.75, 3.05) is 6.79 Å². The lowest BCUT2D eigenvalue weighted by molar-refractivity contribution is 0.125. The first-order valence-electron chi connectivity index (χ1n) is 15.2. The lowest BCUT2D eigenvalue weighted by Crippen LogP contribution is -2.03. The Labute approximate surface area is 265 Å². The van der Waals surface area contributed by atoms with Crippen molar-refractivity contribution in [2.45, 2.75) is 0 Å². The predicted octanol–water partition coefficient (Wildman–Crippen LogP) is 10.4. The summed E-state index contributed by atoms with van der Waals surface area (Å²) < 4.78 is 18.7. The maximum absolute atomic E-state index is 6.36. The third-order valence-corrected chi connectivity index (χ3v) is 8.65. The van der Waals surface area contributed by atoms with Crippen LogP contribution in [-0.2, 0) is 0 Å². The van der Waals surface area contributed by atoms with Gasteiger partial charge in [0.15, 0.2) is 0 Å². The van der Waals surface area contributed by atoms with Gasteiger partial charge in [-0.25, -0.2) is 0 Å². The second kappa shape index (κ2) is 10.8. The molecule has 0 saturated heterocycles. The van der Waals surface area contributed by atoms with E-state index >= 15 is 0 Å². The second-order valence-electron chi connectivity index (χ2n) is 11.4. The summed E-state index contributed by atoms with van der Waals surface area (Å²) in [6.07, 6.45) is 7.37. The van der Waals surface area contributed by atoms with E-state index in [-0.39, 0.29) is 6.79 Å². The van der Waals surface area contributed by atoms with Gasteiger partial charge in [0.05, 0.1) is 0 Å². The Morgan fingerprint density at radius 1 is 0.435 bits per heavy atom. The molecule has 0 radical (unpaired) electrons. The van der Waals surface area contributed by atoms with Crippen LogP contribution in [0.15, 0.2) is 151 Å². The van der Waals surface area contributed by atoms with Crippen molar-refractivity contribution < 1.29 is 13.9 Å². The summed E-state index contributed by atoms with van der Waals surface area (Å²) >= 11 is 0. The fourth-order valence-electron chi connectivity index (χ4n) is 6.40. The molecule has 0 unspecified atom stereocenters. The average Bonchev–Trinajstić information content (AvgIpc) is 3.41. The van der Waals surface area contributed by atoms with Crippen molar-refractivity contribution in [2.24, 2.45) is 0 Å². The minimum Gasteiger partial charge on any atom is -0.457 e. The lowest BCUT2D eigenvalue weighted by atomic mass is 9.92. The number of ether oxygens (including phenoxy) is 2. The number of benzene rings is 5. The molecule has 5 aromatic carbocycles. The number of aromatic nitrogens is 2. The van der Waals surface area contributed by atoms with Crippen molar-refractivity contribution in [1.82, 2.24) is 9.97 Å². The standard InChI is InChI=1S/C41H26N2O3/c1-2-11-39-34(8-1)36-10-3-9-33(41(36)46-39)27-13-15-38-37(21-27)35-14-12-26(22-40(35)45-25-44-38)30-18-31(28-6-4-16-42-23-28)20-32(19-30)29-7-5-17-43-24-29/h1-24H,25H2. The van der Waals surface area contributed by atoms with Crippen molar-refractivity contribution in [3.63, 3.8) is 0 Å². The van der Waals surface area contributed by atoms with Gasteiger partial charge in [0, 0.05) is 63.4 Å². The zero-order valence-electron chi connectivity index (χ0n) is 24.7. The summed E-state index contributed by atoms with van der Waals surface area (Å²) in [5, 5.41) is 2.22. The fourth-order valence-corrected chi connectivity index (χ4v) is 6.40. The minimum atomic E-state index is 0.124. The summed E-state index contributed by atoms with van der Waals surface area (Å²) in [5.74, 6) is 1.55. The molecule has 1 aliphatic rings. The third-order valence-electron chi connectivity index (χ3n) is 8.65. The minimum absolute atomic E-state index is 0.124. The Morgan fingerprint density at radius 3 is 1.89 bits per heavy atom. The van der Waals surface area contributed by atoms with Gasteiger partial charge >= 0.3 is 0 Å². The first kappa shape index (κ1) is 26.2. The molecule has 9 rings (SSSR count). The number of furan rings is 1. The molecule has 0 saturated carbocycles. The van der Waals surface area contributed by atoms with E-state index in [0.717, 1.165) is 89.1 Å². The van der Waals surface area contributed by atoms with E-state index in [4.69, 9.17) is 13.9 Å². The Balaban J connectivity index is 1.16. The van der Waals surface area contributed by atoms with Gasteiger partial charge in [0.1, 0.15) is 22.7 Å². The molecule has 0 atom stereocenters. The van der Waals surface area contributed by atoms with Crippen LogP contribution in [0.25, 0.3) is 77.6 Å². The highest BCUT2D eigenvalue weighted by Gasteiger charge is 2.20. The molecule has 0 spiro atoms. The van der Waals surface area contributed by atoms with Gasteiger partial charge in [-0.1, -0.05) is 60.7 Å². The molecule has 0 N–H and O–H groups in total. The van der Waals surface area contributed by atoms with Gasteiger partial charge in [-0.2, -0.15) is 0 Å². The third kappa shape index (κ3) is 4.49. The normalized spacial score (nSPS) is 12.2. The lowest BCUT2D eigenvalue weighted by Gasteiger charge is -2.14. The molecule has 0 amide bonds. The van der Waals surface area contributed by atoms with E-state index in [1.807, 2.05) is 48.8 Å². The molecule has 0 fully saturated rings. The largest absolute Gasteiger partial charge is 0.457 e. The van der Waals surface area contributed by atoms with Gasteiger partial charge < -0.3 is 13.9 Å². The SMILES string of the molecule is c1cncc(-c2cc(-c3cccnc3)cc(-c3ccc4c(c3)OCOc3ccc(-c5cccc6c5oc5ccccc56)cc3-4)c2)c1. The molecule has 46 heavy (non-hydrogen) atoms. The molecule has 3 aromatic heterocycles. The van der Waals surface area contributed by atoms with Crippen molar-refractivity contribution in [3.05, 3.63) is 146 Å². The topological polar surface area (TPSA) is 57.4 Å². The molecule has 4 heterocycles. The second-order valence-corrected chi connectivity index (χ2v) is 11.4.